The zero-order valence-corrected chi connectivity index (χ0v) is 13.3. The van der Waals surface area contributed by atoms with Gasteiger partial charge in [0.05, 0.1) is 6.54 Å². The first-order chi connectivity index (χ1) is 9.72. The van der Waals surface area contributed by atoms with E-state index in [-0.39, 0.29) is 5.91 Å². The Morgan fingerprint density at radius 1 is 1.65 bits per heavy atom. The molecule has 20 heavy (non-hydrogen) atoms. The summed E-state index contributed by atoms with van der Waals surface area (Å²) in [6, 6.07) is 0.339. The van der Waals surface area contributed by atoms with Crippen molar-refractivity contribution in [3.8, 4) is 0 Å². The van der Waals surface area contributed by atoms with Gasteiger partial charge in [0.1, 0.15) is 0 Å². The van der Waals surface area contributed by atoms with E-state index in [1.165, 1.54) is 11.5 Å². The zero-order valence-electron chi connectivity index (χ0n) is 11.7. The molecule has 1 amide bonds. The molecular formula is C12H21N5OS2. The number of amides is 1. The Morgan fingerprint density at radius 3 is 3.25 bits per heavy atom. The third-order valence-corrected chi connectivity index (χ3v) is 5.01. The predicted molar refractivity (Wildman–Crippen MR) is 83.2 cm³/mol. The quantitative estimate of drug-likeness (QED) is 0.740. The molecular weight excluding hydrogens is 294 g/mol. The third kappa shape index (κ3) is 4.41. The van der Waals surface area contributed by atoms with Crippen LogP contribution in [-0.4, -0.2) is 51.6 Å². The average molecular weight is 315 g/mol. The molecule has 2 heterocycles. The van der Waals surface area contributed by atoms with E-state index in [9.17, 15) is 4.79 Å². The van der Waals surface area contributed by atoms with Gasteiger partial charge in [-0.05, 0) is 25.8 Å². The monoisotopic (exact) mass is 315 g/mol. The molecule has 1 aliphatic rings. The Hall–Kier alpha value is -0.700. The van der Waals surface area contributed by atoms with Crippen LogP contribution in [-0.2, 0) is 4.79 Å². The number of anilines is 1. The van der Waals surface area contributed by atoms with Gasteiger partial charge in [0.25, 0.3) is 0 Å². The summed E-state index contributed by atoms with van der Waals surface area (Å²) < 4.78 is 4.21. The highest BCUT2D eigenvalue weighted by molar-refractivity contribution is 7.99. The molecule has 2 rings (SSSR count). The predicted octanol–water partition coefficient (Wildman–Crippen LogP) is 1.40. The SMILES string of the molecule is CCCSc1nsc(NC(=O)CN2CCCC2CN)n1. The van der Waals surface area contributed by atoms with Crippen LogP contribution in [0.1, 0.15) is 26.2 Å². The minimum atomic E-state index is -0.0338. The number of nitrogens with one attached hydrogen (secondary N) is 1. The Kier molecular flexibility index (Phi) is 6.21. The lowest BCUT2D eigenvalue weighted by molar-refractivity contribution is -0.117. The number of carbonyl (C=O) groups is 1. The van der Waals surface area contributed by atoms with Crippen molar-refractivity contribution in [2.45, 2.75) is 37.4 Å². The van der Waals surface area contributed by atoms with Crippen LogP contribution in [0.4, 0.5) is 5.13 Å². The van der Waals surface area contributed by atoms with Crippen LogP contribution >= 0.6 is 23.3 Å². The summed E-state index contributed by atoms with van der Waals surface area (Å²) in [6.45, 7) is 4.07. The van der Waals surface area contributed by atoms with Crippen molar-refractivity contribution in [1.29, 1.82) is 0 Å². The maximum atomic E-state index is 12.0. The first-order valence-electron chi connectivity index (χ1n) is 6.93. The highest BCUT2D eigenvalue weighted by Gasteiger charge is 2.25. The minimum Gasteiger partial charge on any atom is -0.329 e. The number of rotatable bonds is 7. The first kappa shape index (κ1) is 15.7. The van der Waals surface area contributed by atoms with Crippen LogP contribution in [0.2, 0.25) is 0 Å². The van der Waals surface area contributed by atoms with Gasteiger partial charge in [-0.3, -0.25) is 15.0 Å². The molecule has 1 unspecified atom stereocenters. The van der Waals surface area contributed by atoms with Crippen LogP contribution in [0.5, 0.6) is 0 Å². The lowest BCUT2D eigenvalue weighted by atomic mass is 10.2. The fourth-order valence-corrected chi connectivity index (χ4v) is 3.64. The summed E-state index contributed by atoms with van der Waals surface area (Å²) in [7, 11) is 0. The summed E-state index contributed by atoms with van der Waals surface area (Å²) in [6.07, 6.45) is 3.28. The Bertz CT molecular complexity index is 439. The van der Waals surface area contributed by atoms with Gasteiger partial charge in [0, 0.05) is 29.9 Å². The molecule has 0 aromatic carbocycles. The summed E-state index contributed by atoms with van der Waals surface area (Å²) >= 11 is 2.85. The maximum absolute atomic E-state index is 12.0. The number of hydrogen-bond donors (Lipinski definition) is 2. The van der Waals surface area contributed by atoms with Crippen molar-refractivity contribution in [2.75, 3.05) is 30.7 Å². The number of carbonyl (C=O) groups excluding carboxylic acids is 1. The van der Waals surface area contributed by atoms with E-state index in [1.807, 2.05) is 0 Å². The Morgan fingerprint density at radius 2 is 2.50 bits per heavy atom. The summed E-state index contributed by atoms with van der Waals surface area (Å²) in [5.74, 6) is 0.962. The lowest BCUT2D eigenvalue weighted by Crippen LogP contribution is -2.40. The highest BCUT2D eigenvalue weighted by atomic mass is 32.2. The molecule has 112 valence electrons. The summed E-state index contributed by atoms with van der Waals surface area (Å²) in [4.78, 5) is 18.4. The number of nitrogens with zero attached hydrogens (tertiary/aromatic N) is 3. The molecule has 6 nitrogen and oxygen atoms in total. The molecule has 0 radical (unpaired) electrons. The number of hydrogen-bond acceptors (Lipinski definition) is 7. The zero-order chi connectivity index (χ0) is 14.4. The molecule has 1 atom stereocenters. The number of nitrogens with two attached hydrogens (primary N) is 1. The number of likely N-dealkylation sites (tertiary alicyclic amines) is 1. The maximum Gasteiger partial charge on any atom is 0.240 e. The van der Waals surface area contributed by atoms with E-state index < -0.39 is 0 Å². The molecule has 0 spiro atoms. The van der Waals surface area contributed by atoms with Gasteiger partial charge in [-0.2, -0.15) is 9.36 Å². The van der Waals surface area contributed by atoms with Crippen LogP contribution in [0.3, 0.4) is 0 Å². The van der Waals surface area contributed by atoms with Crippen molar-refractivity contribution >= 4 is 34.3 Å². The van der Waals surface area contributed by atoms with Crippen molar-refractivity contribution in [3.05, 3.63) is 0 Å². The van der Waals surface area contributed by atoms with Crippen LogP contribution in [0.15, 0.2) is 5.16 Å². The van der Waals surface area contributed by atoms with Gasteiger partial charge >= 0.3 is 0 Å². The molecule has 1 aromatic heterocycles. The van der Waals surface area contributed by atoms with Crippen LogP contribution in [0.25, 0.3) is 0 Å². The molecule has 1 fully saturated rings. The highest BCUT2D eigenvalue weighted by Crippen LogP contribution is 2.21. The molecule has 0 saturated carbocycles. The number of thioether (sulfide) groups is 1. The van der Waals surface area contributed by atoms with Crippen molar-refractivity contribution < 1.29 is 4.79 Å². The van der Waals surface area contributed by atoms with Crippen molar-refractivity contribution in [1.82, 2.24) is 14.3 Å². The second kappa shape index (κ2) is 7.92. The first-order valence-corrected chi connectivity index (χ1v) is 8.69. The van der Waals surface area contributed by atoms with Gasteiger partial charge < -0.3 is 5.73 Å². The summed E-state index contributed by atoms with van der Waals surface area (Å²) in [5.41, 5.74) is 5.71. The van der Waals surface area contributed by atoms with Gasteiger partial charge in [-0.25, -0.2) is 0 Å². The van der Waals surface area contributed by atoms with Crippen molar-refractivity contribution in [2.24, 2.45) is 5.73 Å². The lowest BCUT2D eigenvalue weighted by Gasteiger charge is -2.21. The van der Waals surface area contributed by atoms with Gasteiger partial charge in [-0.1, -0.05) is 18.7 Å². The molecule has 3 N–H and O–H groups in total. The second-order valence-corrected chi connectivity index (χ2v) is 6.59. The second-order valence-electron chi connectivity index (χ2n) is 4.78. The van der Waals surface area contributed by atoms with E-state index in [1.54, 1.807) is 11.8 Å². The molecule has 0 bridgehead atoms. The third-order valence-electron chi connectivity index (χ3n) is 3.21. The normalized spacial score (nSPS) is 19.4. The number of aromatic nitrogens is 2. The molecule has 8 heteroatoms. The van der Waals surface area contributed by atoms with Crippen LogP contribution in [0, 0.1) is 0 Å². The smallest absolute Gasteiger partial charge is 0.240 e. The summed E-state index contributed by atoms with van der Waals surface area (Å²) in [5, 5.41) is 4.14. The average Bonchev–Trinajstić information content (AvgIpc) is 3.05. The fraction of sp³-hybridized carbons (Fsp3) is 0.750. The largest absolute Gasteiger partial charge is 0.329 e. The van der Waals surface area contributed by atoms with E-state index in [0.717, 1.165) is 36.7 Å². The minimum absolute atomic E-state index is 0.0338. The van der Waals surface area contributed by atoms with Crippen molar-refractivity contribution in [3.63, 3.8) is 0 Å². The topological polar surface area (TPSA) is 84.1 Å². The van der Waals surface area contributed by atoms with Gasteiger partial charge in [0.2, 0.25) is 16.2 Å². The molecule has 1 aromatic rings. The van der Waals surface area contributed by atoms with Gasteiger partial charge in [0.15, 0.2) is 0 Å². The Labute approximate surface area is 127 Å². The van der Waals surface area contributed by atoms with E-state index in [2.05, 4.69) is 26.5 Å². The van der Waals surface area contributed by atoms with E-state index in [0.29, 0.717) is 24.3 Å². The standard InChI is InChI=1S/C12H21N5OS2/c1-2-6-19-12-15-11(20-16-12)14-10(18)8-17-5-3-4-9(17)7-13/h9H,2-8,13H2,1H3,(H,14,15,16,18). The van der Waals surface area contributed by atoms with Crippen LogP contribution < -0.4 is 11.1 Å². The van der Waals surface area contributed by atoms with E-state index >= 15 is 0 Å². The van der Waals surface area contributed by atoms with Gasteiger partial charge in [-0.15, -0.1) is 0 Å². The Balaban J connectivity index is 1.80. The molecule has 1 saturated heterocycles. The molecule has 0 aliphatic carbocycles. The molecule has 1 aliphatic heterocycles. The van der Waals surface area contributed by atoms with E-state index in [4.69, 9.17) is 5.73 Å². The fourth-order valence-electron chi connectivity index (χ4n) is 2.23.